The molecule has 0 radical (unpaired) electrons. The molecular formula is C16H23N3O2. The van der Waals surface area contributed by atoms with Crippen molar-refractivity contribution in [2.45, 2.75) is 26.2 Å². The van der Waals surface area contributed by atoms with Crippen LogP contribution in [0.15, 0.2) is 24.3 Å². The first-order chi connectivity index (χ1) is 10.1. The summed E-state index contributed by atoms with van der Waals surface area (Å²) in [7, 11) is 0. The Labute approximate surface area is 125 Å². The summed E-state index contributed by atoms with van der Waals surface area (Å²) in [6.07, 6.45) is 0.985. The molecule has 1 aromatic rings. The quantitative estimate of drug-likeness (QED) is 0.830. The Balaban J connectivity index is 2.07. The number of nitrogens with zero attached hydrogens (tertiary/aromatic N) is 1. The van der Waals surface area contributed by atoms with Gasteiger partial charge in [0, 0.05) is 31.9 Å². The zero-order chi connectivity index (χ0) is 15.2. The number of carbonyl (C=O) groups is 2. The van der Waals surface area contributed by atoms with E-state index in [-0.39, 0.29) is 0 Å². The minimum atomic E-state index is -0.548. The van der Waals surface area contributed by atoms with Crippen molar-refractivity contribution in [2.24, 2.45) is 0 Å². The molecule has 0 aliphatic carbocycles. The summed E-state index contributed by atoms with van der Waals surface area (Å²) >= 11 is 0. The van der Waals surface area contributed by atoms with Gasteiger partial charge in [-0.2, -0.15) is 0 Å². The molecule has 1 heterocycles. The second-order valence-electron chi connectivity index (χ2n) is 5.39. The summed E-state index contributed by atoms with van der Waals surface area (Å²) in [5.41, 5.74) is 1.81. The first-order valence-corrected chi connectivity index (χ1v) is 7.53. The number of hydrogen-bond acceptors (Lipinski definition) is 3. The Morgan fingerprint density at radius 1 is 1.29 bits per heavy atom. The topological polar surface area (TPSA) is 61.4 Å². The van der Waals surface area contributed by atoms with Crippen LogP contribution in [0.4, 0.5) is 5.69 Å². The van der Waals surface area contributed by atoms with E-state index in [2.05, 4.69) is 24.5 Å². The van der Waals surface area contributed by atoms with E-state index in [1.165, 1.54) is 0 Å². The lowest BCUT2D eigenvalue weighted by Crippen LogP contribution is -2.49. The van der Waals surface area contributed by atoms with Crippen LogP contribution < -0.4 is 10.6 Å². The second kappa shape index (κ2) is 7.22. The molecule has 1 saturated heterocycles. The number of amides is 2. The third kappa shape index (κ3) is 3.82. The van der Waals surface area contributed by atoms with Crippen molar-refractivity contribution < 1.29 is 9.59 Å². The van der Waals surface area contributed by atoms with Crippen LogP contribution in [-0.4, -0.2) is 42.9 Å². The van der Waals surface area contributed by atoms with Crippen molar-refractivity contribution in [3.63, 3.8) is 0 Å². The van der Waals surface area contributed by atoms with E-state index >= 15 is 0 Å². The summed E-state index contributed by atoms with van der Waals surface area (Å²) < 4.78 is 0. The molecule has 1 aromatic carbocycles. The zero-order valence-electron chi connectivity index (χ0n) is 12.7. The number of para-hydroxylation sites is 1. The SMILES string of the molecule is CCC(C)c1ccccc1NC(=O)C(=O)N1CCNCC1. The van der Waals surface area contributed by atoms with Crippen LogP contribution in [-0.2, 0) is 9.59 Å². The molecule has 1 aliphatic heterocycles. The van der Waals surface area contributed by atoms with Crippen LogP contribution in [0.5, 0.6) is 0 Å². The number of carbonyl (C=O) groups excluding carboxylic acids is 2. The monoisotopic (exact) mass is 289 g/mol. The van der Waals surface area contributed by atoms with Crippen LogP contribution in [0.2, 0.25) is 0 Å². The van der Waals surface area contributed by atoms with Gasteiger partial charge in [-0.3, -0.25) is 9.59 Å². The maximum absolute atomic E-state index is 12.2. The van der Waals surface area contributed by atoms with Gasteiger partial charge >= 0.3 is 11.8 Å². The maximum atomic E-state index is 12.2. The molecule has 1 fully saturated rings. The third-order valence-corrected chi connectivity index (χ3v) is 3.95. The Bertz CT molecular complexity index is 510. The highest BCUT2D eigenvalue weighted by molar-refractivity contribution is 6.39. The summed E-state index contributed by atoms with van der Waals surface area (Å²) in [6.45, 7) is 6.86. The van der Waals surface area contributed by atoms with Crippen molar-refractivity contribution in [2.75, 3.05) is 31.5 Å². The van der Waals surface area contributed by atoms with Gasteiger partial charge in [0.05, 0.1) is 0 Å². The molecule has 0 spiro atoms. The molecule has 5 heteroatoms. The number of piperazine rings is 1. The fourth-order valence-corrected chi connectivity index (χ4v) is 2.45. The normalized spacial score (nSPS) is 16.4. The molecule has 2 rings (SSSR count). The van der Waals surface area contributed by atoms with E-state index < -0.39 is 11.8 Å². The molecule has 0 saturated carbocycles. The van der Waals surface area contributed by atoms with Crippen molar-refractivity contribution in [1.29, 1.82) is 0 Å². The van der Waals surface area contributed by atoms with Crippen LogP contribution in [0.3, 0.4) is 0 Å². The standard InChI is InChI=1S/C16H23N3O2/c1-3-12(2)13-6-4-5-7-14(13)18-15(20)16(21)19-10-8-17-9-11-19/h4-7,12,17H,3,8-11H2,1-2H3,(H,18,20). The number of benzene rings is 1. The Morgan fingerprint density at radius 3 is 2.62 bits per heavy atom. The van der Waals surface area contributed by atoms with Crippen LogP contribution in [0, 0.1) is 0 Å². The Kier molecular flexibility index (Phi) is 5.33. The van der Waals surface area contributed by atoms with E-state index in [9.17, 15) is 9.59 Å². The first kappa shape index (κ1) is 15.5. The smallest absolute Gasteiger partial charge is 0.313 e. The van der Waals surface area contributed by atoms with Crippen LogP contribution in [0.1, 0.15) is 31.7 Å². The number of hydrogen-bond donors (Lipinski definition) is 2. The highest BCUT2D eigenvalue weighted by atomic mass is 16.2. The molecule has 2 amide bonds. The molecule has 2 N–H and O–H groups in total. The van der Waals surface area contributed by atoms with Gasteiger partial charge in [-0.15, -0.1) is 0 Å². The Hall–Kier alpha value is -1.88. The van der Waals surface area contributed by atoms with E-state index in [4.69, 9.17) is 0 Å². The minimum absolute atomic E-state index is 0.343. The summed E-state index contributed by atoms with van der Waals surface area (Å²) in [5.74, 6) is -0.654. The molecule has 114 valence electrons. The van der Waals surface area contributed by atoms with Gasteiger partial charge in [0.1, 0.15) is 0 Å². The zero-order valence-corrected chi connectivity index (χ0v) is 12.7. The molecular weight excluding hydrogens is 266 g/mol. The van der Waals surface area contributed by atoms with Gasteiger partial charge in [-0.05, 0) is 24.0 Å². The minimum Gasteiger partial charge on any atom is -0.332 e. The predicted octanol–water partition coefficient (Wildman–Crippen LogP) is 1.57. The van der Waals surface area contributed by atoms with Crippen molar-refractivity contribution in [1.82, 2.24) is 10.2 Å². The van der Waals surface area contributed by atoms with Crippen LogP contribution >= 0.6 is 0 Å². The fraction of sp³-hybridized carbons (Fsp3) is 0.500. The molecule has 1 atom stereocenters. The predicted molar refractivity (Wildman–Crippen MR) is 83.2 cm³/mol. The van der Waals surface area contributed by atoms with Crippen LogP contribution in [0.25, 0.3) is 0 Å². The van der Waals surface area contributed by atoms with E-state index in [1.807, 2.05) is 24.3 Å². The Morgan fingerprint density at radius 2 is 1.95 bits per heavy atom. The number of rotatable bonds is 3. The average molecular weight is 289 g/mol. The lowest BCUT2D eigenvalue weighted by molar-refractivity contribution is -0.143. The fourth-order valence-electron chi connectivity index (χ4n) is 2.45. The van der Waals surface area contributed by atoms with Crippen molar-refractivity contribution in [3.05, 3.63) is 29.8 Å². The third-order valence-electron chi connectivity index (χ3n) is 3.95. The number of anilines is 1. The molecule has 0 aromatic heterocycles. The highest BCUT2D eigenvalue weighted by Gasteiger charge is 2.24. The molecule has 21 heavy (non-hydrogen) atoms. The first-order valence-electron chi connectivity index (χ1n) is 7.53. The van der Waals surface area contributed by atoms with E-state index in [1.54, 1.807) is 4.90 Å². The van der Waals surface area contributed by atoms with E-state index in [0.29, 0.717) is 19.0 Å². The summed E-state index contributed by atoms with van der Waals surface area (Å²) in [6, 6.07) is 7.68. The van der Waals surface area contributed by atoms with Crippen molar-refractivity contribution in [3.8, 4) is 0 Å². The largest absolute Gasteiger partial charge is 0.332 e. The van der Waals surface area contributed by atoms with Crippen molar-refractivity contribution >= 4 is 17.5 Å². The van der Waals surface area contributed by atoms with Gasteiger partial charge in [-0.1, -0.05) is 32.0 Å². The summed E-state index contributed by atoms with van der Waals surface area (Å²) in [4.78, 5) is 25.9. The summed E-state index contributed by atoms with van der Waals surface area (Å²) in [5, 5.41) is 5.94. The lowest BCUT2D eigenvalue weighted by Gasteiger charge is -2.27. The van der Waals surface area contributed by atoms with Gasteiger partial charge in [0.25, 0.3) is 0 Å². The molecule has 1 aliphatic rings. The molecule has 1 unspecified atom stereocenters. The van der Waals surface area contributed by atoms with Gasteiger partial charge in [0.15, 0.2) is 0 Å². The molecule has 5 nitrogen and oxygen atoms in total. The molecule has 0 bridgehead atoms. The lowest BCUT2D eigenvalue weighted by atomic mass is 9.97. The maximum Gasteiger partial charge on any atom is 0.313 e. The number of nitrogens with one attached hydrogen (secondary N) is 2. The van der Waals surface area contributed by atoms with E-state index in [0.717, 1.165) is 30.8 Å². The van der Waals surface area contributed by atoms with Gasteiger partial charge in [0.2, 0.25) is 0 Å². The van der Waals surface area contributed by atoms with Gasteiger partial charge < -0.3 is 15.5 Å². The average Bonchev–Trinajstić information content (AvgIpc) is 2.54. The second-order valence-corrected chi connectivity index (χ2v) is 5.39. The van der Waals surface area contributed by atoms with Gasteiger partial charge in [-0.25, -0.2) is 0 Å². The highest BCUT2D eigenvalue weighted by Crippen LogP contribution is 2.26.